The molecule has 1 N–H and O–H groups in total. The Morgan fingerprint density at radius 2 is 1.70 bits per heavy atom. The first-order valence-corrected chi connectivity index (χ1v) is 17.4. The number of H-pyrrole nitrogens is 1. The van der Waals surface area contributed by atoms with E-state index >= 15 is 0 Å². The number of ether oxygens (including phenoxy) is 3. The zero-order valence-corrected chi connectivity index (χ0v) is 30.2. The van der Waals surface area contributed by atoms with E-state index in [0.29, 0.717) is 47.0 Å². The topological polar surface area (TPSA) is 96.3 Å². The summed E-state index contributed by atoms with van der Waals surface area (Å²) in [7, 11) is 6.48. The first kappa shape index (κ1) is 35.2. The normalized spacial score (nSPS) is 14.4. The molecule has 0 aliphatic carbocycles. The maximum absolute atomic E-state index is 13.7. The number of furan rings is 1. The maximum atomic E-state index is 13.7. The van der Waals surface area contributed by atoms with Crippen LogP contribution in [0.5, 0.6) is 17.2 Å². The summed E-state index contributed by atoms with van der Waals surface area (Å²) >= 11 is 6.27. The van der Waals surface area contributed by atoms with Crippen molar-refractivity contribution in [2.45, 2.75) is 44.7 Å². The molecular formula is C39H46ClN5O5. The second-order valence-corrected chi connectivity index (χ2v) is 13.4. The van der Waals surface area contributed by atoms with Crippen LogP contribution in [0.25, 0.3) is 11.0 Å². The van der Waals surface area contributed by atoms with Gasteiger partial charge in [-0.25, -0.2) is 4.98 Å². The van der Waals surface area contributed by atoms with Crippen molar-refractivity contribution < 1.29 is 23.4 Å². The van der Waals surface area contributed by atoms with Gasteiger partial charge in [0.05, 0.1) is 38.9 Å². The lowest BCUT2D eigenvalue weighted by Crippen LogP contribution is -2.45. The van der Waals surface area contributed by atoms with E-state index in [2.05, 4.69) is 39.0 Å². The van der Waals surface area contributed by atoms with Gasteiger partial charge in [-0.05, 0) is 86.8 Å². The number of likely N-dealkylation sites (tertiary alicyclic amines) is 1. The van der Waals surface area contributed by atoms with Crippen molar-refractivity contribution in [2.75, 3.05) is 59.5 Å². The van der Waals surface area contributed by atoms with Crippen LogP contribution < -0.4 is 19.1 Å². The molecule has 3 aromatic carbocycles. The Labute approximate surface area is 298 Å². The SMILES string of the molecule is COc1cc(C(=O)N(C)CC(CCN2CCC(N(Cc3ccc(C)o3)c3nc4ccccc4[nH]3)CC2)c2ccc(Cl)cc2)cc(OC)c1OC. The van der Waals surface area contributed by atoms with Crippen LogP contribution in [0.2, 0.25) is 5.02 Å². The number of methoxy groups -OCH3 is 3. The molecule has 1 saturated heterocycles. The number of rotatable bonds is 14. The van der Waals surface area contributed by atoms with Crippen LogP contribution in [0.15, 0.2) is 77.2 Å². The molecule has 6 rings (SSSR count). The van der Waals surface area contributed by atoms with Crippen molar-refractivity contribution in [1.29, 1.82) is 0 Å². The Balaban J connectivity index is 1.13. The highest BCUT2D eigenvalue weighted by molar-refractivity contribution is 6.30. The molecule has 50 heavy (non-hydrogen) atoms. The van der Waals surface area contributed by atoms with E-state index in [1.165, 1.54) is 0 Å². The summed E-state index contributed by atoms with van der Waals surface area (Å²) in [6, 6.07) is 23.9. The van der Waals surface area contributed by atoms with Gasteiger partial charge in [0.25, 0.3) is 5.91 Å². The monoisotopic (exact) mass is 699 g/mol. The molecule has 1 atom stereocenters. The van der Waals surface area contributed by atoms with E-state index in [1.54, 1.807) is 38.4 Å². The third-order valence-electron chi connectivity index (χ3n) is 9.66. The lowest BCUT2D eigenvalue weighted by Gasteiger charge is -2.38. The smallest absolute Gasteiger partial charge is 0.253 e. The number of nitrogens with zero attached hydrogens (tertiary/aromatic N) is 4. The molecule has 264 valence electrons. The average Bonchev–Trinajstić information content (AvgIpc) is 3.77. The highest BCUT2D eigenvalue weighted by atomic mass is 35.5. The van der Waals surface area contributed by atoms with Gasteiger partial charge in [0, 0.05) is 49.2 Å². The highest BCUT2D eigenvalue weighted by Crippen LogP contribution is 2.38. The van der Waals surface area contributed by atoms with Crippen molar-refractivity contribution in [3.8, 4) is 17.2 Å². The number of benzene rings is 3. The lowest BCUT2D eigenvalue weighted by molar-refractivity contribution is 0.0781. The number of hydrogen-bond donors (Lipinski definition) is 1. The molecule has 0 bridgehead atoms. The van der Waals surface area contributed by atoms with Gasteiger partial charge in [0.2, 0.25) is 11.7 Å². The van der Waals surface area contributed by atoms with Gasteiger partial charge in [-0.15, -0.1) is 0 Å². The van der Waals surface area contributed by atoms with E-state index in [-0.39, 0.29) is 11.8 Å². The van der Waals surface area contributed by atoms with Gasteiger partial charge < -0.3 is 38.3 Å². The van der Waals surface area contributed by atoms with Crippen LogP contribution in [0.4, 0.5) is 5.95 Å². The quantitative estimate of drug-likeness (QED) is 0.127. The van der Waals surface area contributed by atoms with Crippen molar-refractivity contribution in [3.05, 3.63) is 100 Å². The van der Waals surface area contributed by atoms with E-state index in [9.17, 15) is 4.79 Å². The zero-order valence-electron chi connectivity index (χ0n) is 29.4. The van der Waals surface area contributed by atoms with Crippen LogP contribution in [-0.4, -0.2) is 86.3 Å². The Bertz CT molecular complexity index is 1820. The fourth-order valence-corrected chi connectivity index (χ4v) is 7.05. The minimum Gasteiger partial charge on any atom is -0.493 e. The summed E-state index contributed by atoms with van der Waals surface area (Å²) in [5, 5.41) is 0.690. The largest absolute Gasteiger partial charge is 0.493 e. The van der Waals surface area contributed by atoms with Crippen molar-refractivity contribution in [3.63, 3.8) is 0 Å². The van der Waals surface area contributed by atoms with Gasteiger partial charge >= 0.3 is 0 Å². The summed E-state index contributed by atoms with van der Waals surface area (Å²) in [4.78, 5) is 28.9. The Morgan fingerprint density at radius 1 is 1.00 bits per heavy atom. The first-order valence-electron chi connectivity index (χ1n) is 17.1. The summed E-state index contributed by atoms with van der Waals surface area (Å²) in [6.07, 6.45) is 2.89. The molecule has 10 nitrogen and oxygen atoms in total. The van der Waals surface area contributed by atoms with Crippen LogP contribution in [0.1, 0.15) is 52.6 Å². The fourth-order valence-electron chi connectivity index (χ4n) is 6.92. The van der Waals surface area contributed by atoms with Crippen molar-refractivity contribution >= 4 is 34.5 Å². The molecule has 0 saturated carbocycles. The molecular weight excluding hydrogens is 654 g/mol. The first-order chi connectivity index (χ1) is 24.3. The van der Waals surface area contributed by atoms with Gasteiger partial charge in [0.1, 0.15) is 11.5 Å². The maximum Gasteiger partial charge on any atom is 0.253 e. The number of amides is 1. The van der Waals surface area contributed by atoms with E-state index in [0.717, 1.165) is 73.0 Å². The van der Waals surface area contributed by atoms with Crippen LogP contribution in [0, 0.1) is 6.92 Å². The molecule has 3 heterocycles. The van der Waals surface area contributed by atoms with Gasteiger partial charge in [-0.3, -0.25) is 4.79 Å². The number of likely N-dealkylation sites (N-methyl/N-ethyl adjacent to an activating group) is 1. The third-order valence-corrected chi connectivity index (χ3v) is 9.91. The van der Waals surface area contributed by atoms with Crippen LogP contribution >= 0.6 is 11.6 Å². The number of aryl methyl sites for hydroxylation is 1. The second kappa shape index (κ2) is 15.9. The highest BCUT2D eigenvalue weighted by Gasteiger charge is 2.29. The van der Waals surface area contributed by atoms with E-state index in [4.69, 9.17) is 35.2 Å². The average molecular weight is 700 g/mol. The number of halogens is 1. The number of para-hydroxylation sites is 2. The molecule has 5 aromatic rings. The summed E-state index contributed by atoms with van der Waals surface area (Å²) in [6.45, 7) is 6.01. The molecule has 1 unspecified atom stereocenters. The number of carbonyl (C=O) groups excluding carboxylic acids is 1. The third kappa shape index (κ3) is 8.03. The molecule has 1 aliphatic rings. The lowest BCUT2D eigenvalue weighted by atomic mass is 9.94. The number of nitrogens with one attached hydrogen (secondary N) is 1. The van der Waals surface area contributed by atoms with Gasteiger partial charge in [0.15, 0.2) is 11.5 Å². The van der Waals surface area contributed by atoms with Gasteiger partial charge in [-0.1, -0.05) is 35.9 Å². The molecule has 0 radical (unpaired) electrons. The summed E-state index contributed by atoms with van der Waals surface area (Å²) in [5.41, 5.74) is 3.61. The molecule has 1 amide bonds. The van der Waals surface area contributed by atoms with Crippen molar-refractivity contribution in [2.24, 2.45) is 0 Å². The van der Waals surface area contributed by atoms with E-state index in [1.807, 2.05) is 50.4 Å². The number of imidazole rings is 1. The standard InChI is InChI=1S/C39H46ClN5O5/c1-26-10-15-32(50-26)25-45(39-41-33-8-6-7-9-34(33)42-39)31-17-20-44(21-18-31)19-16-28(27-11-13-30(40)14-12-27)24-43(2)38(46)29-22-35(47-3)37(49-5)36(23-29)48-4/h6-15,22-23,28,31H,16-21,24-25H2,1-5H3,(H,41,42). The number of hydrogen-bond acceptors (Lipinski definition) is 8. The number of piperidine rings is 1. The van der Waals surface area contributed by atoms with Crippen molar-refractivity contribution in [1.82, 2.24) is 19.8 Å². The predicted octanol–water partition coefficient (Wildman–Crippen LogP) is 7.56. The second-order valence-electron chi connectivity index (χ2n) is 12.9. The summed E-state index contributed by atoms with van der Waals surface area (Å²) < 4.78 is 22.5. The number of aromatic amines is 1. The molecule has 2 aromatic heterocycles. The summed E-state index contributed by atoms with van der Waals surface area (Å²) in [5.74, 6) is 4.04. The number of carbonyl (C=O) groups is 1. The van der Waals surface area contributed by atoms with E-state index < -0.39 is 0 Å². The number of fused-ring (bicyclic) bond motifs is 1. The van der Waals surface area contributed by atoms with Crippen LogP contribution in [-0.2, 0) is 6.54 Å². The zero-order chi connectivity index (χ0) is 35.2. The molecule has 0 spiro atoms. The van der Waals surface area contributed by atoms with Gasteiger partial charge in [-0.2, -0.15) is 0 Å². The Kier molecular flexibility index (Phi) is 11.2. The number of aromatic nitrogens is 2. The minimum absolute atomic E-state index is 0.107. The molecule has 11 heteroatoms. The predicted molar refractivity (Wildman–Crippen MR) is 197 cm³/mol. The Morgan fingerprint density at radius 3 is 2.32 bits per heavy atom. The Hall–Kier alpha value is -4.67. The number of anilines is 1. The molecule has 1 fully saturated rings. The minimum atomic E-state index is -0.124. The fraction of sp³-hybridized carbons (Fsp3) is 0.385. The molecule has 1 aliphatic heterocycles. The van der Waals surface area contributed by atoms with Crippen LogP contribution in [0.3, 0.4) is 0 Å².